The Labute approximate surface area is 209 Å². The van der Waals surface area contributed by atoms with Crippen molar-refractivity contribution >= 4 is 11.8 Å². The normalized spacial score (nSPS) is 16.0. The fourth-order valence-corrected chi connectivity index (χ4v) is 4.17. The second-order valence-electron chi connectivity index (χ2n) is 10.1. The lowest BCUT2D eigenvalue weighted by atomic mass is 9.92. The Morgan fingerprint density at radius 3 is 2.51 bits per heavy atom. The molecule has 0 aliphatic carbocycles. The molecular formula is C28H39N5O2. The van der Waals surface area contributed by atoms with Gasteiger partial charge >= 0.3 is 6.03 Å². The van der Waals surface area contributed by atoms with Crippen LogP contribution in [0.1, 0.15) is 49.9 Å². The maximum absolute atomic E-state index is 11.1. The molecule has 7 nitrogen and oxygen atoms in total. The number of benzene rings is 2. The topological polar surface area (TPSA) is 85.4 Å². The predicted molar refractivity (Wildman–Crippen MR) is 142 cm³/mol. The molecule has 1 aromatic heterocycles. The number of carbonyl (C=O) groups is 1. The van der Waals surface area contributed by atoms with Gasteiger partial charge in [0.1, 0.15) is 5.82 Å². The van der Waals surface area contributed by atoms with E-state index in [1.165, 1.54) is 25.1 Å². The van der Waals surface area contributed by atoms with Gasteiger partial charge in [-0.1, -0.05) is 63.2 Å². The molecule has 0 spiro atoms. The average Bonchev–Trinajstić information content (AvgIpc) is 3.46. The number of anilines is 1. The SMILES string of the molecule is COCCN1CCC(c2ccccc2)C1.Cc1cccc(-n2nc(C(C)(C)C)cc2NC(N)=O)c1. The highest BCUT2D eigenvalue weighted by molar-refractivity contribution is 5.87. The zero-order valence-corrected chi connectivity index (χ0v) is 21.6. The predicted octanol–water partition coefficient (Wildman–Crippen LogP) is 5.09. The van der Waals surface area contributed by atoms with Gasteiger partial charge in [0.25, 0.3) is 0 Å². The molecule has 188 valence electrons. The van der Waals surface area contributed by atoms with Gasteiger partial charge in [0, 0.05) is 31.7 Å². The number of nitrogens with two attached hydrogens (primary N) is 1. The Balaban J connectivity index is 0.000000203. The number of likely N-dealkylation sites (tertiary alicyclic amines) is 1. The number of carbonyl (C=O) groups excluding carboxylic acids is 1. The van der Waals surface area contributed by atoms with E-state index in [1.807, 2.05) is 37.3 Å². The summed E-state index contributed by atoms with van der Waals surface area (Å²) in [5.74, 6) is 1.30. The van der Waals surface area contributed by atoms with E-state index in [0.29, 0.717) is 5.82 Å². The minimum absolute atomic E-state index is 0.108. The molecule has 1 atom stereocenters. The molecule has 1 fully saturated rings. The molecule has 2 amide bonds. The van der Waals surface area contributed by atoms with Gasteiger partial charge in [-0.3, -0.25) is 5.32 Å². The van der Waals surface area contributed by atoms with Gasteiger partial charge in [0.05, 0.1) is 18.0 Å². The lowest BCUT2D eigenvalue weighted by Crippen LogP contribution is -2.24. The Bertz CT molecular complexity index is 1090. The summed E-state index contributed by atoms with van der Waals surface area (Å²) in [5, 5.41) is 7.22. The molecule has 35 heavy (non-hydrogen) atoms. The van der Waals surface area contributed by atoms with Gasteiger partial charge in [0.2, 0.25) is 0 Å². The van der Waals surface area contributed by atoms with Crippen molar-refractivity contribution in [1.82, 2.24) is 14.7 Å². The molecule has 0 radical (unpaired) electrons. The van der Waals surface area contributed by atoms with Crippen LogP contribution in [0.4, 0.5) is 10.6 Å². The van der Waals surface area contributed by atoms with E-state index < -0.39 is 6.03 Å². The zero-order chi connectivity index (χ0) is 25.4. The monoisotopic (exact) mass is 477 g/mol. The number of hydrogen-bond donors (Lipinski definition) is 2. The van der Waals surface area contributed by atoms with Crippen molar-refractivity contribution in [3.63, 3.8) is 0 Å². The van der Waals surface area contributed by atoms with Crippen LogP contribution in [-0.2, 0) is 10.2 Å². The maximum Gasteiger partial charge on any atom is 0.317 e. The highest BCUT2D eigenvalue weighted by Gasteiger charge is 2.23. The summed E-state index contributed by atoms with van der Waals surface area (Å²) < 4.78 is 6.81. The highest BCUT2D eigenvalue weighted by Crippen LogP contribution is 2.27. The summed E-state index contributed by atoms with van der Waals surface area (Å²) in [4.78, 5) is 13.6. The number of ether oxygens (including phenoxy) is 1. The number of methoxy groups -OCH3 is 1. The molecule has 0 bridgehead atoms. The van der Waals surface area contributed by atoms with Gasteiger partial charge in [-0.05, 0) is 49.1 Å². The largest absolute Gasteiger partial charge is 0.383 e. The van der Waals surface area contributed by atoms with Crippen LogP contribution in [-0.4, -0.2) is 54.1 Å². The van der Waals surface area contributed by atoms with E-state index in [4.69, 9.17) is 10.5 Å². The Kier molecular flexibility index (Phi) is 9.07. The molecule has 2 aromatic carbocycles. The van der Waals surface area contributed by atoms with Crippen LogP contribution in [0.15, 0.2) is 60.7 Å². The van der Waals surface area contributed by atoms with E-state index >= 15 is 0 Å². The summed E-state index contributed by atoms with van der Waals surface area (Å²) in [6.45, 7) is 12.5. The minimum atomic E-state index is -0.598. The van der Waals surface area contributed by atoms with E-state index in [1.54, 1.807) is 11.8 Å². The summed E-state index contributed by atoms with van der Waals surface area (Å²) in [6.07, 6.45) is 1.29. The molecule has 3 N–H and O–H groups in total. The number of rotatable bonds is 6. The molecule has 0 saturated carbocycles. The minimum Gasteiger partial charge on any atom is -0.383 e. The molecule has 4 rings (SSSR count). The number of aryl methyl sites for hydroxylation is 1. The number of aromatic nitrogens is 2. The van der Waals surface area contributed by atoms with E-state index in [9.17, 15) is 4.79 Å². The molecule has 1 unspecified atom stereocenters. The van der Waals surface area contributed by atoms with Gasteiger partial charge in [-0.15, -0.1) is 0 Å². The van der Waals surface area contributed by atoms with Gasteiger partial charge in [0.15, 0.2) is 0 Å². The molecule has 1 aliphatic heterocycles. The molecule has 3 aromatic rings. The molecule has 2 heterocycles. The zero-order valence-electron chi connectivity index (χ0n) is 21.6. The van der Waals surface area contributed by atoms with Gasteiger partial charge in [-0.2, -0.15) is 5.10 Å². The fraction of sp³-hybridized carbons (Fsp3) is 0.429. The average molecular weight is 478 g/mol. The Hall–Kier alpha value is -3.16. The van der Waals surface area contributed by atoms with Crippen LogP contribution < -0.4 is 11.1 Å². The van der Waals surface area contributed by atoms with Crippen molar-refractivity contribution in [2.24, 2.45) is 5.73 Å². The number of urea groups is 1. The maximum atomic E-state index is 11.1. The molecule has 1 aliphatic rings. The standard InChI is InChI=1S/C15H20N4O.C13H19NO/c1-10-6-5-7-11(8-10)19-13(17-14(16)20)9-12(18-19)15(2,3)4;1-15-10-9-14-8-7-13(11-14)12-5-3-2-4-6-12/h5-9H,1-4H3,(H3,16,17,20);2-6,13H,7-11H2,1H3. The number of amides is 2. The second-order valence-corrected chi connectivity index (χ2v) is 10.1. The third kappa shape index (κ3) is 7.67. The summed E-state index contributed by atoms with van der Waals surface area (Å²) >= 11 is 0. The Morgan fingerprint density at radius 2 is 1.89 bits per heavy atom. The van der Waals surface area contributed by atoms with Crippen LogP contribution in [0.3, 0.4) is 0 Å². The van der Waals surface area contributed by atoms with Gasteiger partial charge < -0.3 is 15.4 Å². The lowest BCUT2D eigenvalue weighted by molar-refractivity contribution is 0.160. The molecule has 1 saturated heterocycles. The summed E-state index contributed by atoms with van der Waals surface area (Å²) in [7, 11) is 1.77. The van der Waals surface area contributed by atoms with Crippen molar-refractivity contribution in [2.45, 2.75) is 45.4 Å². The van der Waals surface area contributed by atoms with Crippen LogP contribution in [0.2, 0.25) is 0 Å². The lowest BCUT2D eigenvalue weighted by Gasteiger charge is -2.15. The number of nitrogens with one attached hydrogen (secondary N) is 1. The highest BCUT2D eigenvalue weighted by atomic mass is 16.5. The third-order valence-corrected chi connectivity index (χ3v) is 6.13. The molecule has 7 heteroatoms. The first kappa shape index (κ1) is 26.4. The summed E-state index contributed by atoms with van der Waals surface area (Å²) in [6, 6.07) is 20.0. The van der Waals surface area contributed by atoms with Crippen LogP contribution in [0.5, 0.6) is 0 Å². The van der Waals surface area contributed by atoms with E-state index in [2.05, 4.69) is 66.4 Å². The van der Waals surface area contributed by atoms with Crippen molar-refractivity contribution in [1.29, 1.82) is 0 Å². The van der Waals surface area contributed by atoms with Crippen molar-refractivity contribution in [2.75, 3.05) is 38.7 Å². The van der Waals surface area contributed by atoms with Crippen molar-refractivity contribution < 1.29 is 9.53 Å². The Morgan fingerprint density at radius 1 is 1.14 bits per heavy atom. The fourth-order valence-electron chi connectivity index (χ4n) is 4.17. The molecular weight excluding hydrogens is 438 g/mol. The van der Waals surface area contributed by atoms with Crippen molar-refractivity contribution in [3.8, 4) is 5.69 Å². The number of primary amides is 1. The number of nitrogens with zero attached hydrogens (tertiary/aromatic N) is 3. The van der Waals surface area contributed by atoms with Gasteiger partial charge in [-0.25, -0.2) is 9.48 Å². The smallest absolute Gasteiger partial charge is 0.317 e. The first-order valence-corrected chi connectivity index (χ1v) is 12.2. The first-order chi connectivity index (χ1) is 16.7. The van der Waals surface area contributed by atoms with Crippen LogP contribution in [0, 0.1) is 6.92 Å². The van der Waals surface area contributed by atoms with Crippen molar-refractivity contribution in [3.05, 3.63) is 77.5 Å². The quantitative estimate of drug-likeness (QED) is 0.518. The second kappa shape index (κ2) is 12.0. The van der Waals surface area contributed by atoms with E-state index in [-0.39, 0.29) is 5.41 Å². The van der Waals surface area contributed by atoms with E-state index in [0.717, 1.165) is 36.0 Å². The van der Waals surface area contributed by atoms with Crippen LogP contribution >= 0.6 is 0 Å². The van der Waals surface area contributed by atoms with Crippen LogP contribution in [0.25, 0.3) is 5.69 Å². The first-order valence-electron chi connectivity index (χ1n) is 12.2. The number of hydrogen-bond acceptors (Lipinski definition) is 4. The summed E-state index contributed by atoms with van der Waals surface area (Å²) in [5.41, 5.74) is 9.51. The third-order valence-electron chi connectivity index (χ3n) is 6.13.